The summed E-state index contributed by atoms with van der Waals surface area (Å²) in [6.07, 6.45) is 5.10. The minimum Gasteiger partial charge on any atom is -0.289 e. The van der Waals surface area contributed by atoms with Gasteiger partial charge in [0, 0.05) is 10.0 Å². The molecule has 2 heteroatoms. The Balaban J connectivity index is 2.35. The summed E-state index contributed by atoms with van der Waals surface area (Å²) in [5.74, 6) is 0.823. The van der Waals surface area contributed by atoms with Gasteiger partial charge in [0.05, 0.1) is 0 Å². The van der Waals surface area contributed by atoms with Crippen molar-refractivity contribution in [2.75, 3.05) is 0 Å². The molecule has 1 unspecified atom stereocenters. The zero-order valence-corrected chi connectivity index (χ0v) is 13.2. The van der Waals surface area contributed by atoms with Gasteiger partial charge in [0.15, 0.2) is 5.78 Å². The normalized spacial score (nSPS) is 21.9. The molecule has 1 aliphatic carbocycles. The van der Waals surface area contributed by atoms with E-state index in [2.05, 4.69) is 42.8 Å². The van der Waals surface area contributed by atoms with Gasteiger partial charge in [-0.3, -0.25) is 4.79 Å². The third-order valence-corrected chi connectivity index (χ3v) is 4.09. The van der Waals surface area contributed by atoms with Crippen LogP contribution in [0.4, 0.5) is 0 Å². The number of carbonyl (C=O) groups is 1. The topological polar surface area (TPSA) is 17.1 Å². The van der Waals surface area contributed by atoms with Crippen LogP contribution in [0.25, 0.3) is 6.08 Å². The average molecular weight is 319 g/mol. The second-order valence-electron chi connectivity index (χ2n) is 5.43. The minimum atomic E-state index is 0.219. The molecule has 1 aromatic carbocycles. The summed E-state index contributed by atoms with van der Waals surface area (Å²) < 4.78 is 1.06. The first-order chi connectivity index (χ1) is 8.99. The molecule has 0 saturated heterocycles. The molecule has 1 aliphatic rings. The zero-order chi connectivity index (χ0) is 14.0. The van der Waals surface area contributed by atoms with Gasteiger partial charge in [0.2, 0.25) is 0 Å². The van der Waals surface area contributed by atoms with Crippen molar-refractivity contribution in [2.24, 2.45) is 11.8 Å². The Labute approximate surface area is 123 Å². The van der Waals surface area contributed by atoms with Gasteiger partial charge in [0.1, 0.15) is 0 Å². The molecule has 0 bridgehead atoms. The molecule has 0 N–H and O–H groups in total. The second-order valence-corrected chi connectivity index (χ2v) is 6.35. The highest BCUT2D eigenvalue weighted by atomic mass is 79.9. The maximum absolute atomic E-state index is 12.5. The van der Waals surface area contributed by atoms with Crippen LogP contribution in [0.5, 0.6) is 0 Å². The minimum absolute atomic E-state index is 0.219. The lowest BCUT2D eigenvalue weighted by Gasteiger charge is -2.23. The highest BCUT2D eigenvalue weighted by Crippen LogP contribution is 2.31. The Hall–Kier alpha value is -1.15. The SMILES string of the molecule is CC(C)C1=CCC(C)/C(=C\c2ccc(Br)cc2)C1=O. The number of carbonyl (C=O) groups excluding carboxylic acids is 1. The molecular formula is C17H19BrO. The molecule has 0 radical (unpaired) electrons. The summed E-state index contributed by atoms with van der Waals surface area (Å²) in [7, 11) is 0. The summed E-state index contributed by atoms with van der Waals surface area (Å²) >= 11 is 3.43. The summed E-state index contributed by atoms with van der Waals surface area (Å²) in [6.45, 7) is 6.28. The van der Waals surface area contributed by atoms with Crippen molar-refractivity contribution in [3.8, 4) is 0 Å². The second kappa shape index (κ2) is 5.87. The number of rotatable bonds is 2. The number of Topliss-reactive ketones (excluding diaryl/α,β-unsaturated/α-hetero) is 1. The van der Waals surface area contributed by atoms with Crippen LogP contribution in [-0.2, 0) is 4.79 Å². The van der Waals surface area contributed by atoms with Gasteiger partial charge in [0.25, 0.3) is 0 Å². The molecule has 0 amide bonds. The number of halogens is 1. The van der Waals surface area contributed by atoms with E-state index in [4.69, 9.17) is 0 Å². The van der Waals surface area contributed by atoms with Crippen LogP contribution >= 0.6 is 15.9 Å². The first-order valence-corrected chi connectivity index (χ1v) is 7.50. The predicted molar refractivity (Wildman–Crippen MR) is 83.8 cm³/mol. The molecule has 2 rings (SSSR count). The van der Waals surface area contributed by atoms with Gasteiger partial charge in [-0.15, -0.1) is 0 Å². The van der Waals surface area contributed by atoms with Crippen molar-refractivity contribution in [2.45, 2.75) is 27.2 Å². The molecule has 0 spiro atoms. The molecule has 1 nitrogen and oxygen atoms in total. The molecule has 0 aliphatic heterocycles. The number of allylic oxidation sites excluding steroid dienone is 3. The van der Waals surface area contributed by atoms with Crippen molar-refractivity contribution >= 4 is 27.8 Å². The fourth-order valence-corrected chi connectivity index (χ4v) is 2.62. The molecule has 1 atom stereocenters. The van der Waals surface area contributed by atoms with Crippen LogP contribution in [0.3, 0.4) is 0 Å². The molecule has 1 aromatic rings. The molecule has 100 valence electrons. The molecule has 0 heterocycles. The van der Waals surface area contributed by atoms with Crippen LogP contribution in [0.1, 0.15) is 32.8 Å². The smallest absolute Gasteiger partial charge is 0.185 e. The van der Waals surface area contributed by atoms with E-state index in [0.717, 1.165) is 27.6 Å². The van der Waals surface area contributed by atoms with Gasteiger partial charge < -0.3 is 0 Å². The van der Waals surface area contributed by atoms with E-state index in [1.165, 1.54) is 0 Å². The first-order valence-electron chi connectivity index (χ1n) is 6.71. The van der Waals surface area contributed by atoms with E-state index in [-0.39, 0.29) is 5.78 Å². The van der Waals surface area contributed by atoms with Crippen LogP contribution in [0, 0.1) is 11.8 Å². The Kier molecular flexibility index (Phi) is 4.41. The standard InChI is InChI=1S/C17H19BrO/c1-11(2)15-9-4-12(3)16(17(15)19)10-13-5-7-14(18)8-6-13/h5-12H,4H2,1-3H3/b16-10+. The molecule has 0 aromatic heterocycles. The monoisotopic (exact) mass is 318 g/mol. The highest BCUT2D eigenvalue weighted by molar-refractivity contribution is 9.10. The number of hydrogen-bond acceptors (Lipinski definition) is 1. The quantitative estimate of drug-likeness (QED) is 0.699. The third kappa shape index (κ3) is 3.24. The molecule has 0 saturated carbocycles. The van der Waals surface area contributed by atoms with Crippen molar-refractivity contribution < 1.29 is 4.79 Å². The van der Waals surface area contributed by atoms with Gasteiger partial charge in [-0.05, 0) is 47.6 Å². The van der Waals surface area contributed by atoms with Gasteiger partial charge >= 0.3 is 0 Å². The van der Waals surface area contributed by atoms with Crippen LogP contribution < -0.4 is 0 Å². The number of hydrogen-bond donors (Lipinski definition) is 0. The van der Waals surface area contributed by atoms with Crippen molar-refractivity contribution in [3.05, 3.63) is 51.5 Å². The van der Waals surface area contributed by atoms with Crippen LogP contribution in [-0.4, -0.2) is 5.78 Å². The van der Waals surface area contributed by atoms with Gasteiger partial charge in [-0.25, -0.2) is 0 Å². The lowest BCUT2D eigenvalue weighted by atomic mass is 9.80. The highest BCUT2D eigenvalue weighted by Gasteiger charge is 2.26. The van der Waals surface area contributed by atoms with Gasteiger partial charge in [-0.2, -0.15) is 0 Å². The third-order valence-electron chi connectivity index (χ3n) is 3.56. The summed E-state index contributed by atoms with van der Waals surface area (Å²) in [5.41, 5.74) is 2.98. The first kappa shape index (κ1) is 14.3. The van der Waals surface area contributed by atoms with Crippen molar-refractivity contribution in [3.63, 3.8) is 0 Å². The van der Waals surface area contributed by atoms with Gasteiger partial charge in [-0.1, -0.05) is 54.9 Å². The largest absolute Gasteiger partial charge is 0.289 e. The van der Waals surface area contributed by atoms with E-state index in [0.29, 0.717) is 11.8 Å². The fraction of sp³-hybridized carbons (Fsp3) is 0.353. The molecule has 19 heavy (non-hydrogen) atoms. The maximum atomic E-state index is 12.5. The summed E-state index contributed by atoms with van der Waals surface area (Å²) in [6, 6.07) is 8.07. The van der Waals surface area contributed by atoms with E-state index in [1.807, 2.05) is 30.3 Å². The van der Waals surface area contributed by atoms with Crippen molar-refractivity contribution in [1.82, 2.24) is 0 Å². The van der Waals surface area contributed by atoms with Crippen LogP contribution in [0.2, 0.25) is 0 Å². The Morgan fingerprint density at radius 1 is 1.26 bits per heavy atom. The van der Waals surface area contributed by atoms with E-state index in [9.17, 15) is 4.79 Å². The number of benzene rings is 1. The Morgan fingerprint density at radius 2 is 1.89 bits per heavy atom. The average Bonchev–Trinajstić information content (AvgIpc) is 2.36. The predicted octanol–water partition coefficient (Wildman–Crippen LogP) is 5.02. The Morgan fingerprint density at radius 3 is 2.47 bits per heavy atom. The van der Waals surface area contributed by atoms with E-state index >= 15 is 0 Å². The van der Waals surface area contributed by atoms with Crippen molar-refractivity contribution in [1.29, 1.82) is 0 Å². The number of ketones is 1. The van der Waals surface area contributed by atoms with Crippen LogP contribution in [0.15, 0.2) is 46.0 Å². The lowest BCUT2D eigenvalue weighted by Crippen LogP contribution is -2.20. The summed E-state index contributed by atoms with van der Waals surface area (Å²) in [5, 5.41) is 0. The fourth-order valence-electron chi connectivity index (χ4n) is 2.36. The van der Waals surface area contributed by atoms with E-state index < -0.39 is 0 Å². The zero-order valence-electron chi connectivity index (χ0n) is 11.6. The Bertz CT molecular complexity index is 535. The van der Waals surface area contributed by atoms with E-state index in [1.54, 1.807) is 0 Å². The molecular weight excluding hydrogens is 300 g/mol. The lowest BCUT2D eigenvalue weighted by molar-refractivity contribution is -0.113. The molecule has 0 fully saturated rings. The maximum Gasteiger partial charge on any atom is 0.185 e. The summed E-state index contributed by atoms with van der Waals surface area (Å²) in [4.78, 5) is 12.5.